The first-order chi connectivity index (χ1) is 19.2. The van der Waals surface area contributed by atoms with Gasteiger partial charge in [0.2, 0.25) is 5.91 Å². The van der Waals surface area contributed by atoms with Crippen molar-refractivity contribution in [2.45, 2.75) is 71.2 Å². The molecule has 2 atom stereocenters. The van der Waals surface area contributed by atoms with Crippen molar-refractivity contribution in [1.29, 1.82) is 0 Å². The van der Waals surface area contributed by atoms with Gasteiger partial charge in [-0.1, -0.05) is 42.5 Å². The molecule has 0 radical (unpaired) electrons. The molecule has 3 N–H and O–H groups in total. The first kappa shape index (κ1) is 31.8. The molecule has 2 unspecified atom stereocenters. The van der Waals surface area contributed by atoms with Crippen molar-refractivity contribution in [3.05, 3.63) is 72.3 Å². The van der Waals surface area contributed by atoms with Crippen LogP contribution in [0.4, 0.5) is 10.5 Å². The van der Waals surface area contributed by atoms with Crippen LogP contribution in [0.2, 0.25) is 0 Å². The summed E-state index contributed by atoms with van der Waals surface area (Å²) in [5.74, 6) is -0.183. The Bertz CT molecular complexity index is 1360. The maximum absolute atomic E-state index is 14.3. The molecule has 0 aliphatic heterocycles. The Hall–Kier alpha value is -3.72. The van der Waals surface area contributed by atoms with Gasteiger partial charge in [-0.2, -0.15) is 11.8 Å². The summed E-state index contributed by atoms with van der Waals surface area (Å²) in [6, 6.07) is 17.7. The van der Waals surface area contributed by atoms with E-state index in [2.05, 4.69) is 10.6 Å². The molecule has 0 fully saturated rings. The van der Waals surface area contributed by atoms with Crippen LogP contribution in [0.5, 0.6) is 5.75 Å². The van der Waals surface area contributed by atoms with E-state index in [9.17, 15) is 19.5 Å². The summed E-state index contributed by atoms with van der Waals surface area (Å²) in [6.45, 7) is 10.8. The van der Waals surface area contributed by atoms with Crippen LogP contribution in [0.25, 0.3) is 10.8 Å². The zero-order valence-corrected chi connectivity index (χ0v) is 25.7. The highest BCUT2D eigenvalue weighted by Gasteiger charge is 2.41. The van der Waals surface area contributed by atoms with Gasteiger partial charge in [-0.05, 0) is 101 Å². The summed E-state index contributed by atoms with van der Waals surface area (Å²) in [6.07, 6.45) is 1.57. The number of nitrogens with one attached hydrogen (secondary N) is 2. The molecule has 220 valence electrons. The molecular weight excluding hydrogens is 538 g/mol. The fraction of sp³-hybridized carbons (Fsp3) is 0.406. The zero-order valence-electron chi connectivity index (χ0n) is 24.9. The third kappa shape index (κ3) is 8.88. The molecule has 9 heteroatoms. The molecule has 8 nitrogen and oxygen atoms in total. The van der Waals surface area contributed by atoms with Gasteiger partial charge in [0.15, 0.2) is 0 Å². The molecule has 0 aromatic heterocycles. The summed E-state index contributed by atoms with van der Waals surface area (Å²) < 4.78 is 5.45. The zero-order chi connectivity index (χ0) is 30.4. The molecule has 41 heavy (non-hydrogen) atoms. The fourth-order valence-electron chi connectivity index (χ4n) is 4.51. The quantitative estimate of drug-likeness (QED) is 0.267. The van der Waals surface area contributed by atoms with E-state index in [0.29, 0.717) is 23.4 Å². The Labute approximate surface area is 246 Å². The first-order valence-electron chi connectivity index (χ1n) is 13.6. The van der Waals surface area contributed by atoms with Gasteiger partial charge in [0.1, 0.15) is 23.4 Å². The van der Waals surface area contributed by atoms with Crippen LogP contribution < -0.4 is 10.6 Å². The van der Waals surface area contributed by atoms with E-state index in [1.165, 1.54) is 17.0 Å². The number of anilines is 1. The number of hydrogen-bond acceptors (Lipinski definition) is 6. The lowest BCUT2D eigenvalue weighted by molar-refractivity contribution is -0.146. The summed E-state index contributed by atoms with van der Waals surface area (Å²) in [4.78, 5) is 42.7. The van der Waals surface area contributed by atoms with Gasteiger partial charge in [0, 0.05) is 11.2 Å². The second kappa shape index (κ2) is 13.3. The van der Waals surface area contributed by atoms with Crippen molar-refractivity contribution < 1.29 is 24.2 Å². The van der Waals surface area contributed by atoms with Crippen molar-refractivity contribution in [2.75, 3.05) is 17.3 Å². The van der Waals surface area contributed by atoms with Crippen LogP contribution in [-0.2, 0) is 14.3 Å². The number of carbonyl (C=O) groups excluding carboxylic acids is 3. The molecule has 3 aromatic carbocycles. The lowest BCUT2D eigenvalue weighted by Crippen LogP contribution is -2.58. The maximum Gasteiger partial charge on any atom is 0.408 e. The van der Waals surface area contributed by atoms with Gasteiger partial charge in [0.25, 0.3) is 5.91 Å². The monoisotopic (exact) mass is 579 g/mol. The average Bonchev–Trinajstić information content (AvgIpc) is 2.88. The fourth-order valence-corrected chi connectivity index (χ4v) is 4.98. The van der Waals surface area contributed by atoms with E-state index in [0.717, 1.165) is 10.8 Å². The third-order valence-corrected chi connectivity index (χ3v) is 6.94. The van der Waals surface area contributed by atoms with Gasteiger partial charge in [0.05, 0.1) is 0 Å². The van der Waals surface area contributed by atoms with E-state index >= 15 is 0 Å². The van der Waals surface area contributed by atoms with Crippen molar-refractivity contribution in [1.82, 2.24) is 10.2 Å². The van der Waals surface area contributed by atoms with Gasteiger partial charge in [-0.25, -0.2) is 4.79 Å². The molecular formula is C32H41N3O5S. The number of benzene rings is 3. The lowest BCUT2D eigenvalue weighted by Gasteiger charge is -2.43. The van der Waals surface area contributed by atoms with Crippen molar-refractivity contribution >= 4 is 46.1 Å². The second-order valence-corrected chi connectivity index (χ2v) is 12.9. The Morgan fingerprint density at radius 2 is 1.56 bits per heavy atom. The van der Waals surface area contributed by atoms with E-state index in [-0.39, 0.29) is 5.75 Å². The van der Waals surface area contributed by atoms with Crippen LogP contribution in [0.15, 0.2) is 66.7 Å². The third-order valence-electron chi connectivity index (χ3n) is 6.29. The number of phenols is 1. The molecule has 0 aliphatic carbocycles. The summed E-state index contributed by atoms with van der Waals surface area (Å²) in [5.41, 5.74) is -0.460. The molecule has 0 aliphatic rings. The minimum absolute atomic E-state index is 0.0421. The molecule has 3 rings (SSSR count). The van der Waals surface area contributed by atoms with Crippen LogP contribution in [0.1, 0.15) is 59.6 Å². The van der Waals surface area contributed by atoms with Crippen molar-refractivity contribution in [3.8, 4) is 5.75 Å². The van der Waals surface area contributed by atoms with Gasteiger partial charge in [-0.3, -0.25) is 9.59 Å². The number of alkyl carbamates (subject to hydrolysis) is 1. The second-order valence-electron chi connectivity index (χ2n) is 11.9. The SMILES string of the molecule is CSCCC(NC(=O)OC(C)(C)C)C(=O)N(C(C(=O)Nc1ccc2ccccc2c1)c1ccc(O)cc1)C(C)(C)C. The Balaban J connectivity index is 2.04. The number of nitrogens with zero attached hydrogens (tertiary/aromatic N) is 1. The predicted molar refractivity (Wildman–Crippen MR) is 166 cm³/mol. The van der Waals surface area contributed by atoms with Crippen LogP contribution in [0.3, 0.4) is 0 Å². The van der Waals surface area contributed by atoms with Gasteiger partial charge in [-0.15, -0.1) is 0 Å². The molecule has 0 bridgehead atoms. The Morgan fingerprint density at radius 1 is 0.927 bits per heavy atom. The normalized spacial score (nSPS) is 13.2. The minimum Gasteiger partial charge on any atom is -0.508 e. The first-order valence-corrected chi connectivity index (χ1v) is 15.0. The Kier molecular flexibility index (Phi) is 10.3. The largest absolute Gasteiger partial charge is 0.508 e. The average molecular weight is 580 g/mol. The number of ether oxygens (including phenoxy) is 1. The van der Waals surface area contributed by atoms with E-state index in [1.807, 2.05) is 69.5 Å². The highest BCUT2D eigenvalue weighted by molar-refractivity contribution is 7.98. The van der Waals surface area contributed by atoms with E-state index in [4.69, 9.17) is 4.74 Å². The maximum atomic E-state index is 14.3. The highest BCUT2D eigenvalue weighted by atomic mass is 32.2. The number of rotatable bonds is 9. The highest BCUT2D eigenvalue weighted by Crippen LogP contribution is 2.32. The van der Waals surface area contributed by atoms with Crippen LogP contribution in [-0.4, -0.2) is 57.1 Å². The predicted octanol–water partition coefficient (Wildman–Crippen LogP) is 6.50. The molecule has 0 heterocycles. The molecule has 3 aromatic rings. The summed E-state index contributed by atoms with van der Waals surface area (Å²) in [7, 11) is 0. The smallest absolute Gasteiger partial charge is 0.408 e. The topological polar surface area (TPSA) is 108 Å². The Morgan fingerprint density at radius 3 is 2.15 bits per heavy atom. The molecule has 0 saturated carbocycles. The van der Waals surface area contributed by atoms with Gasteiger partial charge >= 0.3 is 6.09 Å². The number of amides is 3. The number of fused-ring (bicyclic) bond motifs is 1. The van der Waals surface area contributed by atoms with Gasteiger partial charge < -0.3 is 25.4 Å². The molecule has 0 spiro atoms. The van der Waals surface area contributed by atoms with E-state index < -0.39 is 41.1 Å². The van der Waals surface area contributed by atoms with Crippen LogP contribution in [0, 0.1) is 0 Å². The van der Waals surface area contributed by atoms with Crippen molar-refractivity contribution in [2.24, 2.45) is 0 Å². The van der Waals surface area contributed by atoms with E-state index in [1.54, 1.807) is 44.7 Å². The number of thioether (sulfide) groups is 1. The number of aromatic hydroxyl groups is 1. The summed E-state index contributed by atoms with van der Waals surface area (Å²) in [5, 5.41) is 17.7. The number of phenolic OH excluding ortho intramolecular Hbond substituents is 1. The lowest BCUT2D eigenvalue weighted by atomic mass is 9.95. The minimum atomic E-state index is -1.06. The van der Waals surface area contributed by atoms with Crippen molar-refractivity contribution in [3.63, 3.8) is 0 Å². The molecule has 0 saturated heterocycles. The number of carbonyl (C=O) groups is 3. The number of hydrogen-bond donors (Lipinski definition) is 3. The molecule has 3 amide bonds. The standard InChI is InChI=1S/C32H41N3O5S/c1-31(2,3)35(29(38)26(18-19-41-7)34-30(39)40-32(4,5)6)27(22-13-16-25(36)17-14-22)28(37)33-24-15-12-21-10-8-9-11-23(21)20-24/h8-17,20,26-27,36H,18-19H2,1-7H3,(H,33,37)(H,34,39). The summed E-state index contributed by atoms with van der Waals surface area (Å²) >= 11 is 1.55. The van der Waals surface area contributed by atoms with Crippen LogP contribution >= 0.6 is 11.8 Å².